The standard InChI is InChI=1S/C13H25NO/c1-2-6-12(15)9-14-10-13(11-14)7-4-3-5-8-13/h12,15H,2-11H2,1H3. The monoisotopic (exact) mass is 211 g/mol. The molecule has 88 valence electrons. The first-order chi connectivity index (χ1) is 7.24. The lowest BCUT2D eigenvalue weighted by molar-refractivity contribution is -0.0502. The third kappa shape index (κ3) is 2.73. The first-order valence-corrected chi connectivity index (χ1v) is 6.64. The average Bonchev–Trinajstić information content (AvgIpc) is 2.17. The lowest BCUT2D eigenvalue weighted by Gasteiger charge is -2.53. The Morgan fingerprint density at radius 3 is 2.47 bits per heavy atom. The van der Waals surface area contributed by atoms with Crippen LogP contribution in [0.5, 0.6) is 0 Å². The highest BCUT2D eigenvalue weighted by molar-refractivity contribution is 4.96. The molecule has 2 fully saturated rings. The van der Waals surface area contributed by atoms with Crippen molar-refractivity contribution in [3.63, 3.8) is 0 Å². The molecule has 1 aliphatic carbocycles. The van der Waals surface area contributed by atoms with Crippen LogP contribution in [0.25, 0.3) is 0 Å². The highest BCUT2D eigenvalue weighted by Crippen LogP contribution is 2.43. The van der Waals surface area contributed by atoms with E-state index in [2.05, 4.69) is 11.8 Å². The molecule has 1 saturated heterocycles. The molecule has 2 nitrogen and oxygen atoms in total. The van der Waals surface area contributed by atoms with Crippen LogP contribution < -0.4 is 0 Å². The summed E-state index contributed by atoms with van der Waals surface area (Å²) in [4.78, 5) is 2.45. The van der Waals surface area contributed by atoms with E-state index in [0.717, 1.165) is 19.4 Å². The Balaban J connectivity index is 1.68. The molecule has 1 N–H and O–H groups in total. The second kappa shape index (κ2) is 4.84. The molecule has 2 rings (SSSR count). The maximum Gasteiger partial charge on any atom is 0.0667 e. The van der Waals surface area contributed by atoms with Gasteiger partial charge in [-0.05, 0) is 24.7 Å². The molecule has 1 heterocycles. The number of rotatable bonds is 4. The molecule has 0 amide bonds. The smallest absolute Gasteiger partial charge is 0.0667 e. The maximum absolute atomic E-state index is 9.73. The maximum atomic E-state index is 9.73. The van der Waals surface area contributed by atoms with Gasteiger partial charge in [0.1, 0.15) is 0 Å². The van der Waals surface area contributed by atoms with Crippen LogP contribution in [0, 0.1) is 5.41 Å². The largest absolute Gasteiger partial charge is 0.392 e. The van der Waals surface area contributed by atoms with E-state index in [4.69, 9.17) is 0 Å². The summed E-state index contributed by atoms with van der Waals surface area (Å²) in [5, 5.41) is 9.73. The molecule has 1 saturated carbocycles. The van der Waals surface area contributed by atoms with Gasteiger partial charge in [0.15, 0.2) is 0 Å². The Bertz CT molecular complexity index is 191. The van der Waals surface area contributed by atoms with Crippen molar-refractivity contribution in [1.29, 1.82) is 0 Å². The predicted octanol–water partition coefficient (Wildman–Crippen LogP) is 2.41. The van der Waals surface area contributed by atoms with Crippen molar-refractivity contribution in [3.05, 3.63) is 0 Å². The van der Waals surface area contributed by atoms with Gasteiger partial charge in [-0.1, -0.05) is 32.6 Å². The minimum absolute atomic E-state index is 0.0871. The van der Waals surface area contributed by atoms with Crippen molar-refractivity contribution in [2.45, 2.75) is 58.0 Å². The number of β-amino-alcohol motifs (C(OH)–C–C–N with tert-alkyl or cyclic N) is 1. The Morgan fingerprint density at radius 2 is 1.87 bits per heavy atom. The van der Waals surface area contributed by atoms with Gasteiger partial charge in [-0.15, -0.1) is 0 Å². The lowest BCUT2D eigenvalue weighted by Crippen LogP contribution is -2.58. The van der Waals surface area contributed by atoms with Crippen LogP contribution in [0.4, 0.5) is 0 Å². The zero-order chi connectivity index (χ0) is 10.7. The van der Waals surface area contributed by atoms with Crippen molar-refractivity contribution in [1.82, 2.24) is 4.90 Å². The van der Waals surface area contributed by atoms with Gasteiger partial charge in [-0.3, -0.25) is 4.90 Å². The van der Waals surface area contributed by atoms with E-state index in [1.807, 2.05) is 0 Å². The summed E-state index contributed by atoms with van der Waals surface area (Å²) in [5.74, 6) is 0. The van der Waals surface area contributed by atoms with Gasteiger partial charge < -0.3 is 5.11 Å². The molecule has 1 spiro atoms. The number of aliphatic hydroxyl groups is 1. The van der Waals surface area contributed by atoms with E-state index >= 15 is 0 Å². The highest BCUT2D eigenvalue weighted by atomic mass is 16.3. The first kappa shape index (κ1) is 11.4. The quantitative estimate of drug-likeness (QED) is 0.772. The third-order valence-corrected chi connectivity index (χ3v) is 4.12. The molecule has 0 bridgehead atoms. The molecule has 1 atom stereocenters. The van der Waals surface area contributed by atoms with Crippen molar-refractivity contribution in [3.8, 4) is 0 Å². The van der Waals surface area contributed by atoms with Crippen molar-refractivity contribution in [2.24, 2.45) is 5.41 Å². The van der Waals surface area contributed by atoms with Gasteiger partial charge in [-0.25, -0.2) is 0 Å². The van der Waals surface area contributed by atoms with Gasteiger partial charge >= 0.3 is 0 Å². The molecular weight excluding hydrogens is 186 g/mol. The minimum atomic E-state index is -0.0871. The SMILES string of the molecule is CCCC(O)CN1CC2(CCCCC2)C1. The molecule has 0 aromatic rings. The van der Waals surface area contributed by atoms with Crippen LogP contribution in [0.3, 0.4) is 0 Å². The number of hydrogen-bond acceptors (Lipinski definition) is 2. The Morgan fingerprint density at radius 1 is 1.20 bits per heavy atom. The minimum Gasteiger partial charge on any atom is -0.392 e. The van der Waals surface area contributed by atoms with Gasteiger partial charge in [-0.2, -0.15) is 0 Å². The number of likely N-dealkylation sites (tertiary alicyclic amines) is 1. The van der Waals surface area contributed by atoms with E-state index < -0.39 is 0 Å². The Kier molecular flexibility index (Phi) is 3.68. The fraction of sp³-hybridized carbons (Fsp3) is 1.00. The van der Waals surface area contributed by atoms with Gasteiger partial charge in [0, 0.05) is 19.6 Å². The molecule has 15 heavy (non-hydrogen) atoms. The van der Waals surface area contributed by atoms with Gasteiger partial charge in [0.25, 0.3) is 0 Å². The molecule has 1 unspecified atom stereocenters. The van der Waals surface area contributed by atoms with Crippen LogP contribution in [-0.2, 0) is 0 Å². The third-order valence-electron chi connectivity index (χ3n) is 4.12. The van der Waals surface area contributed by atoms with E-state index in [1.54, 1.807) is 0 Å². The molecule has 2 heteroatoms. The molecule has 0 aromatic carbocycles. The summed E-state index contributed by atoms with van der Waals surface area (Å²) < 4.78 is 0. The number of hydrogen-bond donors (Lipinski definition) is 1. The molecule has 0 radical (unpaired) electrons. The highest BCUT2D eigenvalue weighted by Gasteiger charge is 2.43. The van der Waals surface area contributed by atoms with Crippen LogP contribution in [0.15, 0.2) is 0 Å². The summed E-state index contributed by atoms with van der Waals surface area (Å²) in [6.07, 6.45) is 9.16. The van der Waals surface area contributed by atoms with E-state index in [0.29, 0.717) is 5.41 Å². The summed E-state index contributed by atoms with van der Waals surface area (Å²) in [6.45, 7) is 5.57. The number of nitrogens with zero attached hydrogens (tertiary/aromatic N) is 1. The van der Waals surface area contributed by atoms with Crippen molar-refractivity contribution in [2.75, 3.05) is 19.6 Å². The fourth-order valence-corrected chi connectivity index (χ4v) is 3.37. The molecular formula is C13H25NO. The normalized spacial score (nSPS) is 27.6. The summed E-state index contributed by atoms with van der Waals surface area (Å²) >= 11 is 0. The van der Waals surface area contributed by atoms with Crippen LogP contribution in [-0.4, -0.2) is 35.7 Å². The predicted molar refractivity (Wildman–Crippen MR) is 62.9 cm³/mol. The van der Waals surface area contributed by atoms with Gasteiger partial charge in [0.2, 0.25) is 0 Å². The van der Waals surface area contributed by atoms with E-state index in [-0.39, 0.29) is 6.10 Å². The van der Waals surface area contributed by atoms with Gasteiger partial charge in [0.05, 0.1) is 6.10 Å². The first-order valence-electron chi connectivity index (χ1n) is 6.64. The summed E-state index contributed by atoms with van der Waals surface area (Å²) in [5.41, 5.74) is 0.671. The van der Waals surface area contributed by atoms with Crippen molar-refractivity contribution >= 4 is 0 Å². The van der Waals surface area contributed by atoms with E-state index in [1.165, 1.54) is 45.2 Å². The number of aliphatic hydroxyl groups excluding tert-OH is 1. The molecule has 1 aliphatic heterocycles. The van der Waals surface area contributed by atoms with Crippen LogP contribution >= 0.6 is 0 Å². The molecule has 0 aromatic heterocycles. The van der Waals surface area contributed by atoms with E-state index in [9.17, 15) is 5.11 Å². The summed E-state index contributed by atoms with van der Waals surface area (Å²) in [7, 11) is 0. The molecule has 2 aliphatic rings. The second-order valence-electron chi connectivity index (χ2n) is 5.67. The fourth-order valence-electron chi connectivity index (χ4n) is 3.37. The topological polar surface area (TPSA) is 23.5 Å². The summed E-state index contributed by atoms with van der Waals surface area (Å²) in [6, 6.07) is 0. The zero-order valence-corrected chi connectivity index (χ0v) is 10.0. The average molecular weight is 211 g/mol. The lowest BCUT2D eigenvalue weighted by atomic mass is 9.68. The zero-order valence-electron chi connectivity index (χ0n) is 10.0. The van der Waals surface area contributed by atoms with Crippen LogP contribution in [0.2, 0.25) is 0 Å². The second-order valence-corrected chi connectivity index (χ2v) is 5.67. The Hall–Kier alpha value is -0.0800. The van der Waals surface area contributed by atoms with Crippen LogP contribution in [0.1, 0.15) is 51.9 Å². The Labute approximate surface area is 93.7 Å². The van der Waals surface area contributed by atoms with Crippen molar-refractivity contribution < 1.29 is 5.11 Å².